The monoisotopic (exact) mass is 182 g/mol. The van der Waals surface area contributed by atoms with Gasteiger partial charge in [-0.1, -0.05) is 20.8 Å². The Morgan fingerprint density at radius 3 is 1.40 bits per heavy atom. The number of hydrogen-bond acceptors (Lipinski definition) is 0. The highest BCUT2D eigenvalue weighted by Crippen LogP contribution is 2.40. The standard InChI is InChI=1S/C8H16Cl2/c1-6(9)8(5,10)7(2,3)4/h6H,1-5H3. The molecule has 0 radical (unpaired) electrons. The number of alkyl halides is 2. The van der Waals surface area contributed by atoms with Crippen molar-refractivity contribution < 1.29 is 0 Å². The minimum Gasteiger partial charge on any atom is -0.121 e. The van der Waals surface area contributed by atoms with Crippen LogP contribution in [0.3, 0.4) is 0 Å². The van der Waals surface area contributed by atoms with Crippen LogP contribution < -0.4 is 0 Å². The fraction of sp³-hybridized carbons (Fsp3) is 1.00. The fourth-order valence-electron chi connectivity index (χ4n) is 0.597. The van der Waals surface area contributed by atoms with Gasteiger partial charge in [-0.05, 0) is 19.3 Å². The van der Waals surface area contributed by atoms with E-state index in [0.717, 1.165) is 0 Å². The van der Waals surface area contributed by atoms with Crippen molar-refractivity contribution >= 4 is 23.2 Å². The van der Waals surface area contributed by atoms with Gasteiger partial charge in [0.25, 0.3) is 0 Å². The lowest BCUT2D eigenvalue weighted by molar-refractivity contribution is 0.288. The summed E-state index contributed by atoms with van der Waals surface area (Å²) in [4.78, 5) is -0.325. The van der Waals surface area contributed by atoms with Gasteiger partial charge < -0.3 is 0 Å². The summed E-state index contributed by atoms with van der Waals surface area (Å²) in [6.07, 6.45) is 0. The average Bonchev–Trinajstić information content (AvgIpc) is 1.62. The third kappa shape index (κ3) is 2.03. The predicted molar refractivity (Wildman–Crippen MR) is 49.0 cm³/mol. The van der Waals surface area contributed by atoms with E-state index in [4.69, 9.17) is 23.2 Å². The Labute approximate surface area is 73.9 Å². The molecule has 0 aromatic heterocycles. The first-order chi connectivity index (χ1) is 4.19. The lowest BCUT2D eigenvalue weighted by Gasteiger charge is -2.38. The van der Waals surface area contributed by atoms with Crippen LogP contribution in [0.5, 0.6) is 0 Å². The molecule has 2 unspecified atom stereocenters. The molecule has 0 aromatic carbocycles. The summed E-state index contributed by atoms with van der Waals surface area (Å²) < 4.78 is 0. The maximum absolute atomic E-state index is 6.22. The zero-order chi connectivity index (χ0) is 8.58. The molecule has 2 heteroatoms. The average molecular weight is 183 g/mol. The highest BCUT2D eigenvalue weighted by atomic mass is 35.5. The maximum Gasteiger partial charge on any atom is 0.0627 e. The second-order valence-electron chi connectivity index (χ2n) is 3.94. The van der Waals surface area contributed by atoms with Gasteiger partial charge in [-0.2, -0.15) is 0 Å². The van der Waals surface area contributed by atoms with E-state index >= 15 is 0 Å². The first-order valence-corrected chi connectivity index (χ1v) is 4.34. The van der Waals surface area contributed by atoms with Crippen molar-refractivity contribution in [3.63, 3.8) is 0 Å². The molecule has 0 aliphatic heterocycles. The van der Waals surface area contributed by atoms with Crippen molar-refractivity contribution in [2.45, 2.75) is 44.9 Å². The second-order valence-corrected chi connectivity index (χ2v) is 5.38. The summed E-state index contributed by atoms with van der Waals surface area (Å²) in [5.41, 5.74) is 0.0513. The Morgan fingerprint density at radius 1 is 1.10 bits per heavy atom. The molecule has 0 nitrogen and oxygen atoms in total. The maximum atomic E-state index is 6.22. The number of rotatable bonds is 1. The third-order valence-electron chi connectivity index (χ3n) is 2.21. The van der Waals surface area contributed by atoms with E-state index in [1.165, 1.54) is 0 Å². The SMILES string of the molecule is CC(Cl)C(C)(Cl)C(C)(C)C. The van der Waals surface area contributed by atoms with E-state index < -0.39 is 0 Å². The van der Waals surface area contributed by atoms with Gasteiger partial charge in [-0.3, -0.25) is 0 Å². The van der Waals surface area contributed by atoms with Crippen LogP contribution in [-0.4, -0.2) is 10.3 Å². The topological polar surface area (TPSA) is 0 Å². The van der Waals surface area contributed by atoms with Gasteiger partial charge in [-0.25, -0.2) is 0 Å². The molecule has 0 aliphatic carbocycles. The van der Waals surface area contributed by atoms with Gasteiger partial charge in [-0.15, -0.1) is 23.2 Å². The van der Waals surface area contributed by atoms with Crippen LogP contribution in [0.2, 0.25) is 0 Å². The second kappa shape index (κ2) is 2.91. The quantitative estimate of drug-likeness (QED) is 0.544. The van der Waals surface area contributed by atoms with Crippen molar-refractivity contribution in [1.82, 2.24) is 0 Å². The van der Waals surface area contributed by atoms with Gasteiger partial charge in [0.2, 0.25) is 0 Å². The zero-order valence-corrected chi connectivity index (χ0v) is 8.85. The minimum atomic E-state index is -0.325. The molecule has 0 aliphatic rings. The van der Waals surface area contributed by atoms with E-state index in [1.54, 1.807) is 0 Å². The number of halogens is 2. The van der Waals surface area contributed by atoms with Crippen LogP contribution in [0.25, 0.3) is 0 Å². The minimum absolute atomic E-state index is 0.00540. The Bertz CT molecular complexity index is 109. The summed E-state index contributed by atoms with van der Waals surface area (Å²) in [6, 6.07) is 0. The molecule has 0 saturated carbocycles. The summed E-state index contributed by atoms with van der Waals surface area (Å²) in [5.74, 6) is 0. The molecule has 0 saturated heterocycles. The zero-order valence-electron chi connectivity index (χ0n) is 7.33. The smallest absolute Gasteiger partial charge is 0.0627 e. The first kappa shape index (κ1) is 10.6. The van der Waals surface area contributed by atoms with Gasteiger partial charge in [0.05, 0.1) is 10.3 Å². The van der Waals surface area contributed by atoms with Crippen LogP contribution in [0.1, 0.15) is 34.6 Å². The van der Waals surface area contributed by atoms with Gasteiger partial charge in [0.15, 0.2) is 0 Å². The van der Waals surface area contributed by atoms with Crippen molar-refractivity contribution in [3.8, 4) is 0 Å². The van der Waals surface area contributed by atoms with Crippen LogP contribution in [0, 0.1) is 5.41 Å². The Balaban J connectivity index is 4.40. The van der Waals surface area contributed by atoms with Crippen LogP contribution in [0.4, 0.5) is 0 Å². The molecular weight excluding hydrogens is 167 g/mol. The molecule has 0 N–H and O–H groups in total. The van der Waals surface area contributed by atoms with E-state index in [0.29, 0.717) is 0 Å². The molecule has 0 amide bonds. The summed E-state index contributed by atoms with van der Waals surface area (Å²) in [7, 11) is 0. The van der Waals surface area contributed by atoms with Crippen molar-refractivity contribution in [2.24, 2.45) is 5.41 Å². The van der Waals surface area contributed by atoms with E-state index in [-0.39, 0.29) is 15.7 Å². The molecule has 62 valence electrons. The molecule has 0 rings (SSSR count). The summed E-state index contributed by atoms with van der Waals surface area (Å²) >= 11 is 12.1. The fourth-order valence-corrected chi connectivity index (χ4v) is 0.924. The highest BCUT2D eigenvalue weighted by molar-refractivity contribution is 6.32. The molecule has 0 heterocycles. The van der Waals surface area contributed by atoms with E-state index in [9.17, 15) is 0 Å². The lowest BCUT2D eigenvalue weighted by Crippen LogP contribution is -2.40. The van der Waals surface area contributed by atoms with E-state index in [2.05, 4.69) is 20.8 Å². The van der Waals surface area contributed by atoms with Gasteiger partial charge >= 0.3 is 0 Å². The number of hydrogen-bond donors (Lipinski definition) is 0. The molecule has 0 aromatic rings. The van der Waals surface area contributed by atoms with Gasteiger partial charge in [0.1, 0.15) is 0 Å². The van der Waals surface area contributed by atoms with Crippen LogP contribution >= 0.6 is 23.2 Å². The molecule has 0 spiro atoms. The molecule has 10 heavy (non-hydrogen) atoms. The summed E-state index contributed by atoms with van der Waals surface area (Å²) in [5, 5.41) is -0.00540. The first-order valence-electron chi connectivity index (χ1n) is 3.52. The third-order valence-corrected chi connectivity index (χ3v) is 3.66. The molecule has 0 bridgehead atoms. The largest absolute Gasteiger partial charge is 0.121 e. The van der Waals surface area contributed by atoms with Crippen molar-refractivity contribution in [2.75, 3.05) is 0 Å². The Kier molecular flexibility index (Phi) is 3.07. The molecular formula is C8H16Cl2. The van der Waals surface area contributed by atoms with Crippen LogP contribution in [-0.2, 0) is 0 Å². The Hall–Kier alpha value is 0.580. The van der Waals surface area contributed by atoms with Crippen molar-refractivity contribution in [3.05, 3.63) is 0 Å². The molecule has 0 fully saturated rings. The van der Waals surface area contributed by atoms with Crippen molar-refractivity contribution in [1.29, 1.82) is 0 Å². The highest BCUT2D eigenvalue weighted by Gasteiger charge is 2.39. The molecule has 2 atom stereocenters. The summed E-state index contributed by atoms with van der Waals surface area (Å²) in [6.45, 7) is 10.2. The van der Waals surface area contributed by atoms with E-state index in [1.807, 2.05) is 13.8 Å². The normalized spacial score (nSPS) is 21.9. The Morgan fingerprint density at radius 2 is 1.40 bits per heavy atom. The lowest BCUT2D eigenvalue weighted by atomic mass is 9.79. The van der Waals surface area contributed by atoms with Gasteiger partial charge in [0, 0.05) is 0 Å². The predicted octanol–water partition coefficient (Wildman–Crippen LogP) is 3.66. The van der Waals surface area contributed by atoms with Crippen LogP contribution in [0.15, 0.2) is 0 Å².